The Kier molecular flexibility index (Phi) is 5.28. The number of hydrogen-bond acceptors (Lipinski definition) is 10. The molecule has 0 N–H and O–H groups in total. The van der Waals surface area contributed by atoms with Crippen molar-refractivity contribution in [1.29, 1.82) is 0 Å². The maximum absolute atomic E-state index is 12.5. The predicted octanol–water partition coefficient (Wildman–Crippen LogP) is 0.837. The van der Waals surface area contributed by atoms with Crippen LogP contribution in [0.25, 0.3) is 11.3 Å². The van der Waals surface area contributed by atoms with Crippen LogP contribution < -0.4 is 14.4 Å². The number of fused-ring (bicyclic) bond motifs is 1. The number of carbonyl (C=O) groups excluding carboxylic acids is 1. The summed E-state index contributed by atoms with van der Waals surface area (Å²) in [5.41, 5.74) is 1.69. The van der Waals surface area contributed by atoms with Gasteiger partial charge < -0.3 is 19.3 Å². The predicted molar refractivity (Wildman–Crippen MR) is 112 cm³/mol. The van der Waals surface area contributed by atoms with Crippen molar-refractivity contribution in [2.45, 2.75) is 5.16 Å². The van der Waals surface area contributed by atoms with Crippen LogP contribution in [0.2, 0.25) is 0 Å². The number of piperazine rings is 1. The number of anilines is 1. The molecule has 2 aliphatic rings. The van der Waals surface area contributed by atoms with Gasteiger partial charge >= 0.3 is 0 Å². The average Bonchev–Trinajstić information content (AvgIpc) is 3.45. The molecule has 3 aromatic rings. The number of ether oxygens (including phenoxy) is 2. The molecule has 4 heterocycles. The maximum Gasteiger partial charge on any atom is 0.233 e. The molecule has 1 amide bonds. The fourth-order valence-corrected chi connectivity index (χ4v) is 4.20. The number of nitrogens with zero attached hydrogens (tertiary/aromatic N) is 8. The Labute approximate surface area is 182 Å². The summed E-state index contributed by atoms with van der Waals surface area (Å²) in [6.07, 6.45) is 0. The zero-order valence-corrected chi connectivity index (χ0v) is 17.7. The lowest BCUT2D eigenvalue weighted by Crippen LogP contribution is -2.49. The van der Waals surface area contributed by atoms with Crippen LogP contribution in [0.4, 0.5) is 5.82 Å². The average molecular weight is 440 g/mol. The van der Waals surface area contributed by atoms with Gasteiger partial charge in [-0.1, -0.05) is 11.8 Å². The summed E-state index contributed by atoms with van der Waals surface area (Å²) in [6, 6.07) is 9.63. The number of hydrogen-bond donors (Lipinski definition) is 0. The van der Waals surface area contributed by atoms with Crippen LogP contribution >= 0.6 is 11.8 Å². The monoisotopic (exact) mass is 440 g/mol. The Balaban J connectivity index is 1.16. The van der Waals surface area contributed by atoms with Gasteiger partial charge in [-0.25, -0.2) is 4.68 Å². The van der Waals surface area contributed by atoms with Gasteiger partial charge in [0.15, 0.2) is 17.3 Å². The van der Waals surface area contributed by atoms with E-state index in [-0.39, 0.29) is 12.7 Å². The van der Waals surface area contributed by atoms with Crippen molar-refractivity contribution < 1.29 is 14.3 Å². The number of benzene rings is 1. The highest BCUT2D eigenvalue weighted by Crippen LogP contribution is 2.35. The van der Waals surface area contributed by atoms with Gasteiger partial charge in [-0.2, -0.15) is 0 Å². The van der Waals surface area contributed by atoms with Crippen LogP contribution in [-0.4, -0.2) is 79.9 Å². The third-order valence-corrected chi connectivity index (χ3v) is 6.18. The van der Waals surface area contributed by atoms with Gasteiger partial charge in [0.05, 0.1) is 11.4 Å². The Hall–Kier alpha value is -3.41. The molecule has 31 heavy (non-hydrogen) atoms. The third kappa shape index (κ3) is 4.10. The van der Waals surface area contributed by atoms with Gasteiger partial charge in [0.25, 0.3) is 0 Å². The van der Waals surface area contributed by atoms with Crippen molar-refractivity contribution >= 4 is 23.5 Å². The summed E-state index contributed by atoms with van der Waals surface area (Å²) in [5, 5.41) is 20.6. The molecule has 1 aromatic carbocycles. The Morgan fingerprint density at radius 3 is 2.61 bits per heavy atom. The maximum atomic E-state index is 12.5. The van der Waals surface area contributed by atoms with Gasteiger partial charge in [0.1, 0.15) is 0 Å². The Morgan fingerprint density at radius 2 is 1.87 bits per heavy atom. The lowest BCUT2D eigenvalue weighted by atomic mass is 10.1. The molecule has 5 rings (SSSR count). The normalized spacial score (nSPS) is 15.4. The van der Waals surface area contributed by atoms with Crippen molar-refractivity contribution in [3.05, 3.63) is 30.3 Å². The summed E-state index contributed by atoms with van der Waals surface area (Å²) >= 11 is 1.34. The summed E-state index contributed by atoms with van der Waals surface area (Å²) in [5.74, 6) is 2.66. The van der Waals surface area contributed by atoms with Crippen molar-refractivity contribution in [2.75, 3.05) is 43.6 Å². The van der Waals surface area contributed by atoms with E-state index in [9.17, 15) is 4.79 Å². The molecule has 0 radical (unpaired) electrons. The van der Waals surface area contributed by atoms with E-state index >= 15 is 0 Å². The summed E-state index contributed by atoms with van der Waals surface area (Å²) in [7, 11) is 1.75. The van der Waals surface area contributed by atoms with Gasteiger partial charge in [0, 0.05) is 38.8 Å². The molecule has 160 valence electrons. The number of amides is 1. The van der Waals surface area contributed by atoms with E-state index in [1.807, 2.05) is 35.2 Å². The molecule has 0 atom stereocenters. The molecule has 0 saturated carbocycles. The van der Waals surface area contributed by atoms with Crippen molar-refractivity contribution in [3.8, 4) is 22.8 Å². The minimum Gasteiger partial charge on any atom is -0.454 e. The first-order valence-corrected chi connectivity index (χ1v) is 10.8. The molecular formula is C19H20N8O3S. The van der Waals surface area contributed by atoms with Gasteiger partial charge in [-0.3, -0.25) is 4.79 Å². The highest BCUT2D eigenvalue weighted by Gasteiger charge is 2.23. The second-order valence-electron chi connectivity index (χ2n) is 7.09. The number of aryl methyl sites for hydroxylation is 1. The zero-order valence-electron chi connectivity index (χ0n) is 16.8. The van der Waals surface area contributed by atoms with Crippen LogP contribution in [0.3, 0.4) is 0 Å². The summed E-state index contributed by atoms with van der Waals surface area (Å²) in [6.45, 7) is 2.94. The van der Waals surface area contributed by atoms with Crippen molar-refractivity contribution in [1.82, 2.24) is 35.3 Å². The highest BCUT2D eigenvalue weighted by molar-refractivity contribution is 7.99. The third-order valence-electron chi connectivity index (χ3n) is 5.18. The summed E-state index contributed by atoms with van der Waals surface area (Å²) < 4.78 is 12.3. The first-order valence-electron chi connectivity index (χ1n) is 9.79. The summed E-state index contributed by atoms with van der Waals surface area (Å²) in [4.78, 5) is 16.5. The molecule has 0 spiro atoms. The molecule has 0 unspecified atom stereocenters. The van der Waals surface area contributed by atoms with Gasteiger partial charge in [-0.05, 0) is 40.8 Å². The fourth-order valence-electron chi connectivity index (χ4n) is 3.45. The van der Waals surface area contributed by atoms with Crippen LogP contribution in [0, 0.1) is 0 Å². The standard InChI is InChI=1S/C19H20N8O3S/c1-25-19(22-23-24-25)31-11-18(28)27-8-6-26(7-9-27)17-5-3-14(20-21-17)13-2-4-15-16(10-13)30-12-29-15/h2-5,10H,6-9,11-12H2,1H3. The van der Waals surface area contributed by atoms with Crippen LogP contribution in [0.5, 0.6) is 11.5 Å². The van der Waals surface area contributed by atoms with E-state index in [2.05, 4.69) is 30.6 Å². The molecule has 2 aromatic heterocycles. The van der Waals surface area contributed by atoms with E-state index in [0.29, 0.717) is 37.1 Å². The largest absolute Gasteiger partial charge is 0.454 e. The van der Waals surface area contributed by atoms with Crippen molar-refractivity contribution in [3.63, 3.8) is 0 Å². The Bertz CT molecular complexity index is 1080. The number of rotatable bonds is 5. The topological polar surface area (TPSA) is 111 Å². The smallest absolute Gasteiger partial charge is 0.233 e. The van der Waals surface area contributed by atoms with E-state index in [0.717, 1.165) is 28.6 Å². The van der Waals surface area contributed by atoms with E-state index in [4.69, 9.17) is 9.47 Å². The van der Waals surface area contributed by atoms with Crippen molar-refractivity contribution in [2.24, 2.45) is 7.05 Å². The van der Waals surface area contributed by atoms with Gasteiger partial charge in [-0.15, -0.1) is 15.3 Å². The van der Waals surface area contributed by atoms with Crippen LogP contribution in [0.1, 0.15) is 0 Å². The lowest BCUT2D eigenvalue weighted by Gasteiger charge is -2.35. The highest BCUT2D eigenvalue weighted by atomic mass is 32.2. The molecule has 11 nitrogen and oxygen atoms in total. The molecular weight excluding hydrogens is 420 g/mol. The van der Waals surface area contributed by atoms with E-state index < -0.39 is 0 Å². The zero-order chi connectivity index (χ0) is 21.2. The first-order chi connectivity index (χ1) is 15.2. The SMILES string of the molecule is Cn1nnnc1SCC(=O)N1CCN(c2ccc(-c3ccc4c(c3)OCO4)nn2)CC1. The first kappa shape index (κ1) is 19.5. The van der Waals surface area contributed by atoms with Crippen LogP contribution in [-0.2, 0) is 11.8 Å². The van der Waals surface area contributed by atoms with Crippen LogP contribution in [0.15, 0.2) is 35.5 Å². The second-order valence-corrected chi connectivity index (χ2v) is 8.03. The number of tetrazole rings is 1. The quantitative estimate of drug-likeness (QED) is 0.529. The number of carbonyl (C=O) groups is 1. The molecule has 1 saturated heterocycles. The lowest BCUT2D eigenvalue weighted by molar-refractivity contribution is -0.128. The van der Waals surface area contributed by atoms with Gasteiger partial charge in [0.2, 0.25) is 17.9 Å². The minimum absolute atomic E-state index is 0.0805. The fraction of sp³-hybridized carbons (Fsp3) is 0.368. The molecule has 2 aliphatic heterocycles. The van der Waals surface area contributed by atoms with E-state index in [1.54, 1.807) is 11.7 Å². The number of aromatic nitrogens is 6. The van der Waals surface area contributed by atoms with E-state index in [1.165, 1.54) is 11.8 Å². The second kappa shape index (κ2) is 8.38. The molecule has 12 heteroatoms. The molecule has 0 bridgehead atoms. The minimum atomic E-state index is 0.0805. The number of thioether (sulfide) groups is 1. The molecule has 0 aliphatic carbocycles. The Morgan fingerprint density at radius 1 is 1.03 bits per heavy atom. The molecule has 1 fully saturated rings.